The van der Waals surface area contributed by atoms with Crippen LogP contribution >= 0.6 is 34.7 Å². The van der Waals surface area contributed by atoms with E-state index in [0.717, 1.165) is 5.56 Å². The molecule has 0 spiro atoms. The molecule has 11 heteroatoms. The normalized spacial score (nSPS) is 11.1. The second-order valence-corrected chi connectivity index (χ2v) is 10.3. The Bertz CT molecular complexity index is 1200. The number of hydrogen-bond acceptors (Lipinski definition) is 7. The lowest BCUT2D eigenvalue weighted by atomic mass is 10.2. The lowest BCUT2D eigenvalue weighted by Crippen LogP contribution is -2.16. The minimum atomic E-state index is -4.00. The average molecular weight is 481 g/mol. The van der Waals surface area contributed by atoms with Crippen LogP contribution in [0.3, 0.4) is 0 Å². The van der Waals surface area contributed by atoms with Crippen LogP contribution in [0.25, 0.3) is 0 Å². The van der Waals surface area contributed by atoms with Crippen LogP contribution < -0.4 is 10.0 Å². The van der Waals surface area contributed by atoms with E-state index in [1.807, 2.05) is 13.0 Å². The van der Waals surface area contributed by atoms with E-state index >= 15 is 0 Å². The summed E-state index contributed by atoms with van der Waals surface area (Å²) in [5.41, 5.74) is 1.43. The number of aryl methyl sites for hydroxylation is 1. The predicted octanol–water partition coefficient (Wildman–Crippen LogP) is 4.83. The van der Waals surface area contributed by atoms with Gasteiger partial charge in [0.15, 0.2) is 4.34 Å². The van der Waals surface area contributed by atoms with E-state index in [1.165, 1.54) is 41.3 Å². The van der Waals surface area contributed by atoms with Gasteiger partial charge in [0.25, 0.3) is 15.9 Å². The number of anilines is 2. The van der Waals surface area contributed by atoms with E-state index in [4.69, 9.17) is 11.6 Å². The second kappa shape index (κ2) is 9.61. The first kappa shape index (κ1) is 22.3. The maximum Gasteiger partial charge on any atom is 0.263 e. The molecule has 0 aliphatic rings. The Morgan fingerprint density at radius 1 is 1.27 bits per heavy atom. The average Bonchev–Trinajstić information content (AvgIpc) is 3.13. The number of sulfonamides is 1. The van der Waals surface area contributed by atoms with E-state index in [1.54, 1.807) is 24.3 Å². The van der Waals surface area contributed by atoms with Crippen molar-refractivity contribution in [2.45, 2.75) is 16.2 Å². The van der Waals surface area contributed by atoms with Crippen LogP contribution in [0.1, 0.15) is 15.9 Å². The topological polar surface area (TPSA) is 101 Å². The van der Waals surface area contributed by atoms with E-state index in [-0.39, 0.29) is 15.5 Å². The van der Waals surface area contributed by atoms with Crippen LogP contribution in [0.5, 0.6) is 0 Å². The Balaban J connectivity index is 1.81. The molecule has 0 saturated heterocycles. The van der Waals surface area contributed by atoms with Gasteiger partial charge in [-0.3, -0.25) is 14.8 Å². The molecule has 3 rings (SSSR count). The summed E-state index contributed by atoms with van der Waals surface area (Å²) in [4.78, 5) is 12.4. The largest absolute Gasteiger partial charge is 0.296 e. The van der Waals surface area contributed by atoms with Gasteiger partial charge < -0.3 is 0 Å². The van der Waals surface area contributed by atoms with Gasteiger partial charge in [-0.05, 0) is 42.8 Å². The second-order valence-electron chi connectivity index (χ2n) is 6.05. The molecule has 2 aromatic carbocycles. The molecule has 2 N–H and O–H groups in total. The van der Waals surface area contributed by atoms with Crippen molar-refractivity contribution >= 4 is 61.4 Å². The first-order valence-corrected chi connectivity index (χ1v) is 12.2. The molecule has 30 heavy (non-hydrogen) atoms. The van der Waals surface area contributed by atoms with Crippen LogP contribution in [-0.4, -0.2) is 30.3 Å². The Morgan fingerprint density at radius 3 is 2.80 bits per heavy atom. The zero-order chi connectivity index (χ0) is 21.7. The molecule has 0 atom stereocenters. The van der Waals surface area contributed by atoms with Crippen LogP contribution in [0, 0.1) is 6.92 Å². The van der Waals surface area contributed by atoms with Gasteiger partial charge in [0, 0.05) is 17.0 Å². The Morgan fingerprint density at radius 2 is 2.07 bits per heavy atom. The number of carbonyl (C=O) groups excluding carboxylic acids is 1. The third kappa shape index (κ3) is 5.60. The monoisotopic (exact) mass is 480 g/mol. The maximum atomic E-state index is 12.8. The SMILES string of the molecule is C=CCSc1nnc(NC(=O)c2ccc(Cl)c(S(=O)(=O)Nc3cccc(C)c3)c2)s1. The summed E-state index contributed by atoms with van der Waals surface area (Å²) in [5, 5.41) is 10.8. The summed E-state index contributed by atoms with van der Waals surface area (Å²) >= 11 is 8.77. The molecular weight excluding hydrogens is 464 g/mol. The molecule has 1 amide bonds. The highest BCUT2D eigenvalue weighted by atomic mass is 35.5. The van der Waals surface area contributed by atoms with Gasteiger partial charge in [0.1, 0.15) is 4.90 Å². The van der Waals surface area contributed by atoms with Gasteiger partial charge in [0.2, 0.25) is 5.13 Å². The number of thioether (sulfide) groups is 1. The van der Waals surface area contributed by atoms with Gasteiger partial charge in [-0.1, -0.05) is 52.9 Å². The molecular formula is C19H17ClN4O3S3. The molecule has 1 aromatic heterocycles. The van der Waals surface area contributed by atoms with Crippen molar-refractivity contribution in [3.8, 4) is 0 Å². The number of amides is 1. The van der Waals surface area contributed by atoms with Crippen LogP contribution in [-0.2, 0) is 10.0 Å². The summed E-state index contributed by atoms with van der Waals surface area (Å²) in [7, 11) is -4.00. The third-order valence-corrected chi connectivity index (χ3v) is 7.54. The molecule has 0 fully saturated rings. The van der Waals surface area contributed by atoms with Crippen molar-refractivity contribution < 1.29 is 13.2 Å². The summed E-state index contributed by atoms with van der Waals surface area (Å²) in [5.74, 6) is 0.157. The van der Waals surface area contributed by atoms with E-state index < -0.39 is 15.9 Å². The third-order valence-electron chi connectivity index (χ3n) is 3.70. The number of hydrogen-bond donors (Lipinski definition) is 2. The summed E-state index contributed by atoms with van der Waals surface area (Å²) in [6.45, 7) is 5.49. The first-order chi connectivity index (χ1) is 14.3. The summed E-state index contributed by atoms with van der Waals surface area (Å²) in [6, 6.07) is 11.0. The lowest BCUT2D eigenvalue weighted by molar-refractivity contribution is 0.102. The molecule has 0 saturated carbocycles. The highest BCUT2D eigenvalue weighted by Crippen LogP contribution is 2.28. The van der Waals surface area contributed by atoms with Gasteiger partial charge in [-0.15, -0.1) is 16.8 Å². The van der Waals surface area contributed by atoms with Crippen LogP contribution in [0.15, 0.2) is 64.4 Å². The summed E-state index contributed by atoms with van der Waals surface area (Å²) < 4.78 is 28.8. The Labute approximate surface area is 187 Å². The minimum absolute atomic E-state index is 0.00531. The maximum absolute atomic E-state index is 12.8. The fourth-order valence-electron chi connectivity index (χ4n) is 2.39. The van der Waals surface area contributed by atoms with Gasteiger partial charge in [-0.25, -0.2) is 8.42 Å². The number of rotatable bonds is 8. The van der Waals surface area contributed by atoms with Crippen molar-refractivity contribution in [1.82, 2.24) is 10.2 Å². The van der Waals surface area contributed by atoms with Crippen molar-refractivity contribution in [2.75, 3.05) is 15.8 Å². The summed E-state index contributed by atoms with van der Waals surface area (Å²) in [6.07, 6.45) is 1.74. The number of nitrogens with zero attached hydrogens (tertiary/aromatic N) is 2. The quantitative estimate of drug-likeness (QED) is 0.272. The number of carbonyl (C=O) groups is 1. The van der Waals surface area contributed by atoms with E-state index in [0.29, 0.717) is 20.9 Å². The lowest BCUT2D eigenvalue weighted by Gasteiger charge is -2.11. The Hall–Kier alpha value is -2.40. The molecule has 7 nitrogen and oxygen atoms in total. The molecule has 0 bridgehead atoms. The van der Waals surface area contributed by atoms with E-state index in [9.17, 15) is 13.2 Å². The van der Waals surface area contributed by atoms with E-state index in [2.05, 4.69) is 26.8 Å². The minimum Gasteiger partial charge on any atom is -0.296 e. The van der Waals surface area contributed by atoms with Gasteiger partial charge in [-0.2, -0.15) is 0 Å². The zero-order valence-corrected chi connectivity index (χ0v) is 19.0. The highest BCUT2D eigenvalue weighted by Gasteiger charge is 2.21. The number of halogens is 1. The van der Waals surface area contributed by atoms with Crippen molar-refractivity contribution in [2.24, 2.45) is 0 Å². The Kier molecular flexibility index (Phi) is 7.14. The smallest absolute Gasteiger partial charge is 0.263 e. The number of nitrogens with one attached hydrogen (secondary N) is 2. The molecule has 0 unspecified atom stereocenters. The van der Waals surface area contributed by atoms with Crippen molar-refractivity contribution in [3.05, 3.63) is 71.3 Å². The van der Waals surface area contributed by atoms with Crippen molar-refractivity contribution in [1.29, 1.82) is 0 Å². The molecule has 3 aromatic rings. The fraction of sp³-hybridized carbons (Fsp3) is 0.105. The van der Waals surface area contributed by atoms with Crippen LogP contribution in [0.2, 0.25) is 5.02 Å². The standard InChI is InChI=1S/C19H17ClN4O3S3/c1-3-9-28-19-23-22-18(29-19)21-17(25)13-7-8-15(20)16(11-13)30(26,27)24-14-6-4-5-12(2)10-14/h3-8,10-11,24H,1,9H2,2H3,(H,21,22,25). The number of benzene rings is 2. The molecule has 0 aliphatic heterocycles. The molecule has 0 radical (unpaired) electrons. The highest BCUT2D eigenvalue weighted by molar-refractivity contribution is 8.01. The van der Waals surface area contributed by atoms with Gasteiger partial charge >= 0.3 is 0 Å². The van der Waals surface area contributed by atoms with Gasteiger partial charge in [0.05, 0.1) is 5.02 Å². The number of aromatic nitrogens is 2. The van der Waals surface area contributed by atoms with Crippen molar-refractivity contribution in [3.63, 3.8) is 0 Å². The zero-order valence-electron chi connectivity index (χ0n) is 15.8. The first-order valence-electron chi connectivity index (χ1n) is 8.56. The van der Waals surface area contributed by atoms with Crippen LogP contribution in [0.4, 0.5) is 10.8 Å². The fourth-order valence-corrected chi connectivity index (χ4v) is 5.47. The molecule has 156 valence electrons. The predicted molar refractivity (Wildman–Crippen MR) is 122 cm³/mol. The molecule has 0 aliphatic carbocycles. The molecule has 1 heterocycles.